The Labute approximate surface area is 183 Å². The number of Topliss-reactive ketones (excluding diaryl/α,β-unsaturated/α-hetero) is 1. The standard InChI is InChI=1S/C23H20ClFN2O4/c24-16-9-5-15(6-10-16)21(29)26(13-20(28)14-7-11-17(25)12-8-14)27-22(30)18-3-1-2-4-19(18)23(27)31/h5-12,18-19H,1-4,13H2/t18-,19-/m0/s1. The molecule has 4 rings (SSSR count). The van der Waals surface area contributed by atoms with E-state index in [4.69, 9.17) is 11.6 Å². The second-order valence-electron chi connectivity index (χ2n) is 7.79. The van der Waals surface area contributed by atoms with E-state index in [1.807, 2.05) is 0 Å². The van der Waals surface area contributed by atoms with E-state index < -0.39 is 47.7 Å². The number of hydrogen-bond acceptors (Lipinski definition) is 4. The highest BCUT2D eigenvalue weighted by Gasteiger charge is 2.51. The Bertz CT molecular complexity index is 1010. The van der Waals surface area contributed by atoms with Crippen LogP contribution in [0.5, 0.6) is 0 Å². The van der Waals surface area contributed by atoms with Crippen molar-refractivity contribution in [3.63, 3.8) is 0 Å². The maximum absolute atomic E-state index is 13.3. The number of fused-ring (bicyclic) bond motifs is 1. The third-order valence-corrected chi connectivity index (χ3v) is 6.10. The van der Waals surface area contributed by atoms with E-state index in [2.05, 4.69) is 0 Å². The van der Waals surface area contributed by atoms with Crippen LogP contribution in [0.2, 0.25) is 5.02 Å². The van der Waals surface area contributed by atoms with E-state index in [1.165, 1.54) is 36.4 Å². The molecule has 0 spiro atoms. The van der Waals surface area contributed by atoms with Crippen LogP contribution in [-0.2, 0) is 9.59 Å². The van der Waals surface area contributed by atoms with Crippen LogP contribution in [0.15, 0.2) is 48.5 Å². The molecule has 1 saturated heterocycles. The molecule has 2 aromatic carbocycles. The van der Waals surface area contributed by atoms with E-state index in [9.17, 15) is 23.6 Å². The highest BCUT2D eigenvalue weighted by molar-refractivity contribution is 6.30. The Morgan fingerprint density at radius 3 is 1.97 bits per heavy atom. The summed E-state index contributed by atoms with van der Waals surface area (Å²) >= 11 is 5.90. The van der Waals surface area contributed by atoms with Gasteiger partial charge in [-0.05, 0) is 61.4 Å². The first-order chi connectivity index (χ1) is 14.9. The van der Waals surface area contributed by atoms with Crippen molar-refractivity contribution in [3.8, 4) is 0 Å². The average molecular weight is 443 g/mol. The zero-order valence-corrected chi connectivity index (χ0v) is 17.3. The van der Waals surface area contributed by atoms with Gasteiger partial charge in [0.2, 0.25) is 0 Å². The topological polar surface area (TPSA) is 74.8 Å². The Morgan fingerprint density at radius 2 is 1.42 bits per heavy atom. The van der Waals surface area contributed by atoms with E-state index in [1.54, 1.807) is 0 Å². The van der Waals surface area contributed by atoms with Crippen molar-refractivity contribution in [1.29, 1.82) is 0 Å². The van der Waals surface area contributed by atoms with Crippen molar-refractivity contribution >= 4 is 35.1 Å². The smallest absolute Gasteiger partial charge is 0.273 e. The number of halogens is 2. The molecule has 0 bridgehead atoms. The lowest BCUT2D eigenvalue weighted by Crippen LogP contribution is -2.52. The molecule has 2 aliphatic rings. The highest BCUT2D eigenvalue weighted by Crippen LogP contribution is 2.39. The molecule has 2 aromatic rings. The number of carbonyl (C=O) groups excluding carboxylic acids is 4. The number of rotatable bonds is 5. The van der Waals surface area contributed by atoms with Gasteiger partial charge in [0.05, 0.1) is 11.8 Å². The molecule has 3 amide bonds. The van der Waals surface area contributed by atoms with E-state index in [-0.39, 0.29) is 11.1 Å². The van der Waals surface area contributed by atoms with Crippen molar-refractivity contribution in [3.05, 3.63) is 70.5 Å². The number of hydrogen-bond donors (Lipinski definition) is 0. The molecule has 1 aliphatic carbocycles. The fourth-order valence-corrected chi connectivity index (χ4v) is 4.35. The van der Waals surface area contributed by atoms with E-state index >= 15 is 0 Å². The predicted octanol–water partition coefficient (Wildman–Crippen LogP) is 3.89. The molecule has 2 fully saturated rings. The Balaban J connectivity index is 1.68. The van der Waals surface area contributed by atoms with Gasteiger partial charge in [0.15, 0.2) is 5.78 Å². The number of nitrogens with zero attached hydrogens (tertiary/aromatic N) is 2. The summed E-state index contributed by atoms with van der Waals surface area (Å²) < 4.78 is 13.2. The van der Waals surface area contributed by atoms with Crippen molar-refractivity contribution in [2.75, 3.05) is 6.54 Å². The van der Waals surface area contributed by atoms with Gasteiger partial charge < -0.3 is 0 Å². The first-order valence-electron chi connectivity index (χ1n) is 10.1. The molecule has 0 radical (unpaired) electrons. The summed E-state index contributed by atoms with van der Waals surface area (Å²) in [7, 11) is 0. The molecule has 6 nitrogen and oxygen atoms in total. The third-order valence-electron chi connectivity index (χ3n) is 5.84. The number of hydrazine groups is 1. The average Bonchev–Trinajstić information content (AvgIpc) is 3.03. The summed E-state index contributed by atoms with van der Waals surface area (Å²) in [6.07, 6.45) is 2.85. The minimum Gasteiger partial charge on any atom is -0.292 e. The van der Waals surface area contributed by atoms with Gasteiger partial charge in [-0.2, -0.15) is 5.01 Å². The van der Waals surface area contributed by atoms with Crippen LogP contribution in [-0.4, -0.2) is 40.1 Å². The van der Waals surface area contributed by atoms with Gasteiger partial charge in [0.25, 0.3) is 17.7 Å². The zero-order valence-electron chi connectivity index (χ0n) is 16.6. The molecule has 2 atom stereocenters. The molecule has 1 aliphatic heterocycles. The van der Waals surface area contributed by atoms with Gasteiger partial charge in [-0.15, -0.1) is 0 Å². The fraction of sp³-hybridized carbons (Fsp3) is 0.304. The van der Waals surface area contributed by atoms with E-state index in [0.717, 1.165) is 35.0 Å². The maximum Gasteiger partial charge on any atom is 0.273 e. The second kappa shape index (κ2) is 8.59. The van der Waals surface area contributed by atoms with Crippen molar-refractivity contribution < 1.29 is 23.6 Å². The molecule has 160 valence electrons. The predicted molar refractivity (Wildman–Crippen MR) is 111 cm³/mol. The second-order valence-corrected chi connectivity index (χ2v) is 8.22. The van der Waals surface area contributed by atoms with Crippen LogP contribution < -0.4 is 0 Å². The summed E-state index contributed by atoms with van der Waals surface area (Å²) in [4.78, 5) is 52.3. The van der Waals surface area contributed by atoms with Gasteiger partial charge >= 0.3 is 0 Å². The molecule has 0 unspecified atom stereocenters. The van der Waals surface area contributed by atoms with Gasteiger partial charge in [-0.3, -0.25) is 19.2 Å². The van der Waals surface area contributed by atoms with Crippen LogP contribution in [0.3, 0.4) is 0 Å². The normalized spacial score (nSPS) is 20.5. The molecule has 0 aromatic heterocycles. The Morgan fingerprint density at radius 1 is 0.903 bits per heavy atom. The largest absolute Gasteiger partial charge is 0.292 e. The number of amides is 3. The lowest BCUT2D eigenvalue weighted by Gasteiger charge is -2.30. The third kappa shape index (κ3) is 4.10. The first-order valence-corrected chi connectivity index (χ1v) is 10.5. The van der Waals surface area contributed by atoms with Gasteiger partial charge in [-0.25, -0.2) is 9.40 Å². The fourth-order valence-electron chi connectivity index (χ4n) is 4.22. The molecule has 31 heavy (non-hydrogen) atoms. The summed E-state index contributed by atoms with van der Waals surface area (Å²) in [6, 6.07) is 10.9. The SMILES string of the molecule is O=C(CN(C(=O)c1ccc(Cl)cc1)N1C(=O)[C@H]2CCCC[C@@H]2C1=O)c1ccc(F)cc1. The monoisotopic (exact) mass is 442 g/mol. The Kier molecular flexibility index (Phi) is 5.87. The molecule has 1 saturated carbocycles. The molecular weight excluding hydrogens is 423 g/mol. The minimum absolute atomic E-state index is 0.173. The Hall–Kier alpha value is -3.06. The van der Waals surface area contributed by atoms with Gasteiger partial charge in [0, 0.05) is 16.1 Å². The summed E-state index contributed by atoms with van der Waals surface area (Å²) in [5.74, 6) is -3.52. The molecule has 1 heterocycles. The van der Waals surface area contributed by atoms with Gasteiger partial charge in [0.1, 0.15) is 12.4 Å². The summed E-state index contributed by atoms with van der Waals surface area (Å²) in [5, 5.41) is 2.18. The minimum atomic E-state index is -0.660. The van der Waals surface area contributed by atoms with Crippen LogP contribution in [0.1, 0.15) is 46.4 Å². The van der Waals surface area contributed by atoms with Crippen LogP contribution >= 0.6 is 11.6 Å². The maximum atomic E-state index is 13.3. The summed E-state index contributed by atoms with van der Waals surface area (Å²) in [5.41, 5.74) is 0.360. The molecular formula is C23H20ClFN2O4. The first kappa shape index (κ1) is 21.2. The van der Waals surface area contributed by atoms with E-state index in [0.29, 0.717) is 17.9 Å². The quantitative estimate of drug-likeness (QED) is 0.520. The number of benzene rings is 2. The van der Waals surface area contributed by atoms with Crippen LogP contribution in [0, 0.1) is 17.7 Å². The highest BCUT2D eigenvalue weighted by atomic mass is 35.5. The van der Waals surface area contributed by atoms with Crippen LogP contribution in [0.4, 0.5) is 4.39 Å². The number of imide groups is 1. The van der Waals surface area contributed by atoms with Crippen molar-refractivity contribution in [1.82, 2.24) is 10.0 Å². The lowest BCUT2D eigenvalue weighted by atomic mass is 9.81. The zero-order chi connectivity index (χ0) is 22.1. The van der Waals surface area contributed by atoms with Crippen molar-refractivity contribution in [2.45, 2.75) is 25.7 Å². The van der Waals surface area contributed by atoms with Crippen molar-refractivity contribution in [2.24, 2.45) is 11.8 Å². The molecule has 8 heteroatoms. The molecule has 0 N–H and O–H groups in total. The van der Waals surface area contributed by atoms with Crippen LogP contribution in [0.25, 0.3) is 0 Å². The number of carbonyl (C=O) groups is 4. The summed E-state index contributed by atoms with van der Waals surface area (Å²) in [6.45, 7) is -0.524. The number of ketones is 1. The van der Waals surface area contributed by atoms with Gasteiger partial charge in [-0.1, -0.05) is 24.4 Å². The lowest BCUT2D eigenvalue weighted by molar-refractivity contribution is -0.154.